The van der Waals surface area contributed by atoms with Gasteiger partial charge in [0.05, 0.1) is 6.61 Å². The van der Waals surface area contributed by atoms with E-state index in [2.05, 4.69) is 0 Å². The van der Waals surface area contributed by atoms with Crippen molar-refractivity contribution in [2.24, 2.45) is 0 Å². The van der Waals surface area contributed by atoms with Crippen LogP contribution in [0.5, 0.6) is 0 Å². The van der Waals surface area contributed by atoms with Crippen molar-refractivity contribution in [3.05, 3.63) is 35.9 Å². The molecule has 0 atom stereocenters. The quantitative estimate of drug-likeness (QED) is 0.667. The Morgan fingerprint density at radius 2 is 1.82 bits per heavy atom. The SMILES string of the molecule is ClC(Cl)OCc1ccccc1. The van der Waals surface area contributed by atoms with E-state index >= 15 is 0 Å². The summed E-state index contributed by atoms with van der Waals surface area (Å²) >= 11 is 10.7. The Kier molecular flexibility index (Phi) is 3.70. The van der Waals surface area contributed by atoms with Gasteiger partial charge in [-0.3, -0.25) is 0 Å². The summed E-state index contributed by atoms with van der Waals surface area (Å²) in [5.74, 6) is 0. The summed E-state index contributed by atoms with van der Waals surface area (Å²) in [6.45, 7) is 0.457. The summed E-state index contributed by atoms with van der Waals surface area (Å²) in [4.78, 5) is 0. The van der Waals surface area contributed by atoms with Crippen LogP contribution >= 0.6 is 23.2 Å². The Bertz CT molecular complexity index is 199. The van der Waals surface area contributed by atoms with Gasteiger partial charge in [-0.25, -0.2) is 0 Å². The van der Waals surface area contributed by atoms with Crippen LogP contribution in [0.1, 0.15) is 5.56 Å². The van der Waals surface area contributed by atoms with Crippen molar-refractivity contribution in [2.45, 2.75) is 11.6 Å². The first-order valence-corrected chi connectivity index (χ1v) is 4.10. The zero-order valence-corrected chi connectivity index (χ0v) is 7.35. The molecule has 0 aliphatic carbocycles. The van der Waals surface area contributed by atoms with E-state index in [1.807, 2.05) is 30.3 Å². The highest BCUT2D eigenvalue weighted by atomic mass is 35.5. The first-order chi connectivity index (χ1) is 5.29. The molecule has 0 amide bonds. The first-order valence-electron chi connectivity index (χ1n) is 3.23. The van der Waals surface area contributed by atoms with Crippen LogP contribution in [0.25, 0.3) is 0 Å². The average Bonchev–Trinajstić information content (AvgIpc) is 2.03. The molecule has 1 rings (SSSR count). The van der Waals surface area contributed by atoms with E-state index in [0.29, 0.717) is 6.61 Å². The van der Waals surface area contributed by atoms with E-state index in [0.717, 1.165) is 5.56 Å². The monoisotopic (exact) mass is 190 g/mol. The Balaban J connectivity index is 2.39. The fourth-order valence-electron chi connectivity index (χ4n) is 0.733. The van der Waals surface area contributed by atoms with E-state index in [1.54, 1.807) is 0 Å². The maximum atomic E-state index is 5.37. The molecule has 0 aromatic heterocycles. The van der Waals surface area contributed by atoms with Crippen molar-refractivity contribution in [2.75, 3.05) is 0 Å². The molecular weight excluding hydrogens is 183 g/mol. The second-order valence-corrected chi connectivity index (χ2v) is 3.07. The van der Waals surface area contributed by atoms with Gasteiger partial charge < -0.3 is 4.74 Å². The highest BCUT2D eigenvalue weighted by molar-refractivity contribution is 6.43. The maximum absolute atomic E-state index is 5.37. The number of hydrogen-bond acceptors (Lipinski definition) is 1. The van der Waals surface area contributed by atoms with Crippen LogP contribution in [0.3, 0.4) is 0 Å². The summed E-state index contributed by atoms with van der Waals surface area (Å²) in [6, 6.07) is 9.74. The largest absolute Gasteiger partial charge is 0.344 e. The molecule has 0 bridgehead atoms. The Labute approximate surface area is 75.9 Å². The third-order valence-corrected chi connectivity index (χ3v) is 1.47. The van der Waals surface area contributed by atoms with Crippen molar-refractivity contribution in [1.82, 2.24) is 0 Å². The third kappa shape index (κ3) is 3.61. The average molecular weight is 191 g/mol. The van der Waals surface area contributed by atoms with Gasteiger partial charge in [-0.1, -0.05) is 53.5 Å². The summed E-state index contributed by atoms with van der Waals surface area (Å²) in [6.07, 6.45) is 0. The molecule has 0 saturated carbocycles. The molecule has 1 aromatic rings. The molecule has 0 spiro atoms. The van der Waals surface area contributed by atoms with E-state index in [4.69, 9.17) is 27.9 Å². The van der Waals surface area contributed by atoms with Crippen LogP contribution in [-0.4, -0.2) is 5.02 Å². The second kappa shape index (κ2) is 4.60. The molecule has 0 N–H and O–H groups in total. The van der Waals surface area contributed by atoms with Crippen LogP contribution in [-0.2, 0) is 11.3 Å². The number of hydrogen-bond donors (Lipinski definition) is 0. The lowest BCUT2D eigenvalue weighted by Gasteiger charge is -2.02. The maximum Gasteiger partial charge on any atom is 0.206 e. The number of ether oxygens (including phenoxy) is 1. The number of alkyl halides is 2. The second-order valence-electron chi connectivity index (χ2n) is 2.06. The standard InChI is InChI=1S/C8H8Cl2O/c9-8(10)11-6-7-4-2-1-3-5-7/h1-5,8H,6H2. The van der Waals surface area contributed by atoms with Gasteiger partial charge in [-0.05, 0) is 5.56 Å². The zero-order chi connectivity index (χ0) is 8.10. The van der Waals surface area contributed by atoms with Crippen molar-refractivity contribution >= 4 is 23.2 Å². The van der Waals surface area contributed by atoms with E-state index < -0.39 is 5.02 Å². The summed E-state index contributed by atoms with van der Waals surface area (Å²) in [7, 11) is 0. The van der Waals surface area contributed by atoms with Gasteiger partial charge >= 0.3 is 0 Å². The summed E-state index contributed by atoms with van der Waals surface area (Å²) < 4.78 is 4.96. The van der Waals surface area contributed by atoms with Crippen LogP contribution in [0.15, 0.2) is 30.3 Å². The Morgan fingerprint density at radius 3 is 2.36 bits per heavy atom. The highest BCUT2D eigenvalue weighted by Crippen LogP contribution is 2.08. The molecule has 3 heteroatoms. The molecule has 0 aliphatic rings. The number of rotatable bonds is 3. The molecule has 0 unspecified atom stereocenters. The molecule has 0 heterocycles. The van der Waals surface area contributed by atoms with Gasteiger partial charge in [0, 0.05) is 0 Å². The topological polar surface area (TPSA) is 9.23 Å². The zero-order valence-electron chi connectivity index (χ0n) is 5.84. The van der Waals surface area contributed by atoms with Gasteiger partial charge in [-0.15, -0.1) is 0 Å². The van der Waals surface area contributed by atoms with E-state index in [-0.39, 0.29) is 0 Å². The summed E-state index contributed by atoms with van der Waals surface area (Å²) in [5.41, 5.74) is 1.07. The third-order valence-electron chi connectivity index (χ3n) is 1.22. The minimum absolute atomic E-state index is 0.457. The van der Waals surface area contributed by atoms with Crippen LogP contribution in [0.4, 0.5) is 0 Å². The van der Waals surface area contributed by atoms with Gasteiger partial charge in [0.1, 0.15) is 0 Å². The first kappa shape index (κ1) is 8.85. The van der Waals surface area contributed by atoms with Gasteiger partial charge in [0.25, 0.3) is 0 Å². The van der Waals surface area contributed by atoms with Crippen molar-refractivity contribution in [1.29, 1.82) is 0 Å². The lowest BCUT2D eigenvalue weighted by atomic mass is 10.2. The lowest BCUT2D eigenvalue weighted by molar-refractivity contribution is 0.141. The predicted molar refractivity (Wildman–Crippen MR) is 46.7 cm³/mol. The van der Waals surface area contributed by atoms with Crippen molar-refractivity contribution in [3.63, 3.8) is 0 Å². The summed E-state index contributed by atoms with van der Waals surface area (Å²) in [5, 5.41) is -0.741. The van der Waals surface area contributed by atoms with Crippen molar-refractivity contribution in [3.8, 4) is 0 Å². The Morgan fingerprint density at radius 1 is 1.18 bits per heavy atom. The van der Waals surface area contributed by atoms with Crippen molar-refractivity contribution < 1.29 is 4.74 Å². The van der Waals surface area contributed by atoms with E-state index in [9.17, 15) is 0 Å². The molecular formula is C8H8Cl2O. The molecule has 11 heavy (non-hydrogen) atoms. The van der Waals surface area contributed by atoms with Crippen LogP contribution in [0.2, 0.25) is 0 Å². The molecule has 0 saturated heterocycles. The van der Waals surface area contributed by atoms with Gasteiger partial charge in [0.15, 0.2) is 0 Å². The fourth-order valence-corrected chi connectivity index (χ4v) is 0.859. The molecule has 60 valence electrons. The normalized spacial score (nSPS) is 10.5. The smallest absolute Gasteiger partial charge is 0.206 e. The van der Waals surface area contributed by atoms with E-state index in [1.165, 1.54) is 0 Å². The minimum Gasteiger partial charge on any atom is -0.344 e. The van der Waals surface area contributed by atoms with Crippen LogP contribution < -0.4 is 0 Å². The van der Waals surface area contributed by atoms with Gasteiger partial charge in [-0.2, -0.15) is 0 Å². The molecule has 0 aliphatic heterocycles. The molecule has 0 fully saturated rings. The molecule has 1 nitrogen and oxygen atoms in total. The number of benzene rings is 1. The molecule has 1 aromatic carbocycles. The predicted octanol–water partition coefficient (Wildman–Crippen LogP) is 2.96. The highest BCUT2D eigenvalue weighted by Gasteiger charge is 1.97. The van der Waals surface area contributed by atoms with Gasteiger partial charge in [0.2, 0.25) is 5.02 Å². The molecule has 0 radical (unpaired) electrons. The number of halogens is 2. The lowest BCUT2D eigenvalue weighted by Crippen LogP contribution is -1.96. The minimum atomic E-state index is -0.741. The fraction of sp³-hybridized carbons (Fsp3) is 0.250. The van der Waals surface area contributed by atoms with Crippen LogP contribution in [0, 0.1) is 0 Å². The Hall–Kier alpha value is -0.240.